The Labute approximate surface area is 224 Å². The highest BCUT2D eigenvalue weighted by Gasteiger charge is 2.27. The first-order valence-corrected chi connectivity index (χ1v) is 13.8. The number of carbonyl (C=O) groups is 1. The van der Waals surface area contributed by atoms with Gasteiger partial charge in [0, 0.05) is 17.4 Å². The van der Waals surface area contributed by atoms with Crippen LogP contribution >= 0.6 is 11.3 Å². The molecule has 0 bridgehead atoms. The van der Waals surface area contributed by atoms with Gasteiger partial charge in [0.1, 0.15) is 4.88 Å². The molecule has 0 fully saturated rings. The number of nitriles is 1. The number of thiophene rings is 1. The number of nitrogens with zero attached hydrogens (tertiary/aromatic N) is 4. The van der Waals surface area contributed by atoms with E-state index in [1.54, 1.807) is 73.2 Å². The third-order valence-corrected chi connectivity index (χ3v) is 8.93. The van der Waals surface area contributed by atoms with Gasteiger partial charge in [-0.15, -0.1) is 11.3 Å². The molecule has 0 unspecified atom stereocenters. The van der Waals surface area contributed by atoms with Crippen molar-refractivity contribution in [3.63, 3.8) is 0 Å². The van der Waals surface area contributed by atoms with Crippen LogP contribution in [0.25, 0.3) is 10.1 Å². The number of benzene rings is 3. The van der Waals surface area contributed by atoms with E-state index in [1.165, 1.54) is 22.8 Å². The van der Waals surface area contributed by atoms with Gasteiger partial charge in [-0.3, -0.25) is 4.31 Å². The molecule has 0 saturated carbocycles. The molecule has 190 valence electrons. The van der Waals surface area contributed by atoms with Crippen LogP contribution in [0.15, 0.2) is 96.3 Å². The summed E-state index contributed by atoms with van der Waals surface area (Å²) in [7, 11) is -2.62. The summed E-state index contributed by atoms with van der Waals surface area (Å²) in [6, 6.07) is 24.6. The van der Waals surface area contributed by atoms with Crippen LogP contribution in [-0.4, -0.2) is 31.0 Å². The van der Waals surface area contributed by atoms with Crippen molar-refractivity contribution >= 4 is 43.1 Å². The molecule has 0 aliphatic rings. The van der Waals surface area contributed by atoms with Gasteiger partial charge < -0.3 is 9.30 Å². The van der Waals surface area contributed by atoms with Crippen molar-refractivity contribution in [2.75, 3.05) is 11.4 Å². The fourth-order valence-electron chi connectivity index (χ4n) is 4.07. The fourth-order valence-corrected chi connectivity index (χ4v) is 6.48. The number of rotatable bonds is 8. The third-order valence-electron chi connectivity index (χ3n) is 6.05. The van der Waals surface area contributed by atoms with Gasteiger partial charge in [-0.25, -0.2) is 18.2 Å². The third kappa shape index (κ3) is 5.02. The summed E-state index contributed by atoms with van der Waals surface area (Å²) in [6.45, 7) is 0.499. The minimum atomic E-state index is -3.94. The molecule has 0 spiro atoms. The molecule has 5 rings (SSSR count). The van der Waals surface area contributed by atoms with Crippen LogP contribution in [0.3, 0.4) is 0 Å². The van der Waals surface area contributed by atoms with E-state index in [2.05, 4.69) is 11.1 Å². The highest BCUT2D eigenvalue weighted by atomic mass is 32.2. The predicted molar refractivity (Wildman–Crippen MR) is 145 cm³/mol. The number of sulfonamides is 1. The standard InChI is InChI=1S/C28H22N4O4S2/c1-36-28(33)27-14-22-13-23(11-12-26(22)37-27)32(38(34,35)25-5-3-2-4-6-25)18-24-16-30-19-31(24)17-21-9-7-20(15-29)8-10-21/h2-14,16,19H,17-18H2,1H3. The number of aromatic nitrogens is 2. The molecule has 0 aliphatic heterocycles. The average molecular weight is 543 g/mol. The topological polar surface area (TPSA) is 105 Å². The Hall–Kier alpha value is -4.46. The number of hydrogen-bond donors (Lipinski definition) is 0. The summed E-state index contributed by atoms with van der Waals surface area (Å²) >= 11 is 1.29. The molecule has 2 aromatic heterocycles. The smallest absolute Gasteiger partial charge is 0.348 e. The lowest BCUT2D eigenvalue weighted by molar-refractivity contribution is 0.0606. The Bertz CT molecular complexity index is 1750. The van der Waals surface area contributed by atoms with E-state index in [4.69, 9.17) is 10.00 Å². The predicted octanol–water partition coefficient (Wildman–Crippen LogP) is 5.20. The van der Waals surface area contributed by atoms with Gasteiger partial charge in [0.15, 0.2) is 0 Å². The first kappa shape index (κ1) is 25.2. The maximum atomic E-state index is 13.9. The molecule has 0 amide bonds. The zero-order valence-electron chi connectivity index (χ0n) is 20.3. The second kappa shape index (κ2) is 10.5. The van der Waals surface area contributed by atoms with Crippen LogP contribution in [0, 0.1) is 11.3 Å². The summed E-state index contributed by atoms with van der Waals surface area (Å²) in [5.74, 6) is -0.437. The van der Waals surface area contributed by atoms with Gasteiger partial charge in [0.2, 0.25) is 0 Å². The summed E-state index contributed by atoms with van der Waals surface area (Å²) in [5.41, 5.74) is 2.67. The van der Waals surface area contributed by atoms with E-state index >= 15 is 0 Å². The normalized spacial score (nSPS) is 11.3. The molecule has 0 aliphatic carbocycles. The van der Waals surface area contributed by atoms with Crippen molar-refractivity contribution in [1.82, 2.24) is 9.55 Å². The van der Waals surface area contributed by atoms with E-state index < -0.39 is 16.0 Å². The molecule has 8 nitrogen and oxygen atoms in total. The van der Waals surface area contributed by atoms with Crippen LogP contribution in [0.1, 0.15) is 26.5 Å². The Morgan fingerprint density at radius 1 is 1.08 bits per heavy atom. The zero-order valence-corrected chi connectivity index (χ0v) is 21.9. The SMILES string of the molecule is COC(=O)c1cc2cc(N(Cc3cncn3Cc3ccc(C#N)cc3)S(=O)(=O)c3ccccc3)ccc2s1. The molecule has 38 heavy (non-hydrogen) atoms. The van der Waals surface area contributed by atoms with Crippen molar-refractivity contribution in [3.05, 3.63) is 113 Å². The van der Waals surface area contributed by atoms with E-state index in [0.717, 1.165) is 15.6 Å². The Kier molecular flexibility index (Phi) is 6.96. The Morgan fingerprint density at radius 2 is 1.84 bits per heavy atom. The molecule has 0 radical (unpaired) electrons. The van der Waals surface area contributed by atoms with Crippen LogP contribution in [0.4, 0.5) is 5.69 Å². The number of esters is 1. The van der Waals surface area contributed by atoms with Crippen LogP contribution in [0.2, 0.25) is 0 Å². The van der Waals surface area contributed by atoms with Gasteiger partial charge in [-0.1, -0.05) is 30.3 Å². The largest absolute Gasteiger partial charge is 0.465 e. The quantitative estimate of drug-likeness (QED) is 0.250. The molecule has 0 atom stereocenters. The second-order valence-electron chi connectivity index (χ2n) is 8.47. The molecule has 0 N–H and O–H groups in total. The van der Waals surface area contributed by atoms with Gasteiger partial charge in [0.25, 0.3) is 10.0 Å². The Balaban J connectivity index is 1.54. The maximum absolute atomic E-state index is 13.9. The van der Waals surface area contributed by atoms with E-state index in [1.807, 2.05) is 22.8 Å². The highest BCUT2D eigenvalue weighted by molar-refractivity contribution is 7.92. The minimum Gasteiger partial charge on any atom is -0.465 e. The summed E-state index contributed by atoms with van der Waals surface area (Å²) in [4.78, 5) is 16.9. The van der Waals surface area contributed by atoms with Crippen LogP contribution < -0.4 is 4.31 Å². The van der Waals surface area contributed by atoms with Crippen molar-refractivity contribution < 1.29 is 17.9 Å². The number of imidazole rings is 1. The van der Waals surface area contributed by atoms with Gasteiger partial charge >= 0.3 is 5.97 Å². The fraction of sp³-hybridized carbons (Fsp3) is 0.107. The number of anilines is 1. The average Bonchev–Trinajstić information content (AvgIpc) is 3.58. The van der Waals surface area contributed by atoms with Crippen LogP contribution in [-0.2, 0) is 27.8 Å². The summed E-state index contributed by atoms with van der Waals surface area (Å²) < 4.78 is 36.7. The van der Waals surface area contributed by atoms with Gasteiger partial charge in [-0.05, 0) is 59.5 Å². The number of ether oxygens (including phenoxy) is 1. The van der Waals surface area contributed by atoms with E-state index in [0.29, 0.717) is 28.4 Å². The lowest BCUT2D eigenvalue weighted by atomic mass is 10.1. The monoisotopic (exact) mass is 542 g/mol. The summed E-state index contributed by atoms with van der Waals surface area (Å²) in [5, 5.41) is 9.81. The van der Waals surface area contributed by atoms with Crippen molar-refractivity contribution in [3.8, 4) is 6.07 Å². The van der Waals surface area contributed by atoms with E-state index in [9.17, 15) is 13.2 Å². The first-order valence-electron chi connectivity index (χ1n) is 11.6. The van der Waals surface area contributed by atoms with E-state index in [-0.39, 0.29) is 11.4 Å². The number of hydrogen-bond acceptors (Lipinski definition) is 7. The van der Waals surface area contributed by atoms with Crippen molar-refractivity contribution in [2.24, 2.45) is 0 Å². The molecule has 5 aromatic rings. The minimum absolute atomic E-state index is 0.0347. The molecule has 3 aromatic carbocycles. The highest BCUT2D eigenvalue weighted by Crippen LogP contribution is 2.33. The Morgan fingerprint density at radius 3 is 2.55 bits per heavy atom. The molecule has 10 heteroatoms. The van der Waals surface area contributed by atoms with Gasteiger partial charge in [0.05, 0.1) is 47.9 Å². The number of fused-ring (bicyclic) bond motifs is 1. The van der Waals surface area contributed by atoms with Crippen molar-refractivity contribution in [2.45, 2.75) is 18.0 Å². The molecule has 2 heterocycles. The number of carbonyl (C=O) groups excluding carboxylic acids is 1. The lowest BCUT2D eigenvalue weighted by Crippen LogP contribution is -2.31. The maximum Gasteiger partial charge on any atom is 0.348 e. The first-order chi connectivity index (χ1) is 18.4. The lowest BCUT2D eigenvalue weighted by Gasteiger charge is -2.25. The van der Waals surface area contributed by atoms with Crippen LogP contribution in [0.5, 0.6) is 0 Å². The van der Waals surface area contributed by atoms with Gasteiger partial charge in [-0.2, -0.15) is 5.26 Å². The molecular formula is C28H22N4O4S2. The number of methoxy groups -OCH3 is 1. The second-order valence-corrected chi connectivity index (χ2v) is 11.4. The zero-order chi connectivity index (χ0) is 26.7. The summed E-state index contributed by atoms with van der Waals surface area (Å²) in [6.07, 6.45) is 3.31. The molecular weight excluding hydrogens is 520 g/mol. The molecule has 0 saturated heterocycles. The van der Waals surface area contributed by atoms with Crippen molar-refractivity contribution in [1.29, 1.82) is 5.26 Å².